The van der Waals surface area contributed by atoms with Crippen molar-refractivity contribution in [2.45, 2.75) is 20.4 Å². The number of aromatic nitrogens is 3. The number of rotatable bonds is 5. The van der Waals surface area contributed by atoms with Crippen LogP contribution in [0.2, 0.25) is 5.02 Å². The second-order valence-corrected chi connectivity index (χ2v) is 7.67. The van der Waals surface area contributed by atoms with Crippen molar-refractivity contribution in [1.29, 1.82) is 0 Å². The summed E-state index contributed by atoms with van der Waals surface area (Å²) in [6.45, 7) is 4.01. The molecule has 0 saturated heterocycles. The lowest BCUT2D eigenvalue weighted by Gasteiger charge is -2.05. The van der Waals surface area contributed by atoms with Gasteiger partial charge in [0.2, 0.25) is 0 Å². The van der Waals surface area contributed by atoms with Gasteiger partial charge in [-0.3, -0.25) is 4.79 Å². The highest BCUT2D eigenvalue weighted by Gasteiger charge is 2.21. The third kappa shape index (κ3) is 3.58. The monoisotopic (exact) mass is 412 g/mol. The van der Waals surface area contributed by atoms with Crippen LogP contribution in [0.1, 0.15) is 27.5 Å². The predicted octanol–water partition coefficient (Wildman–Crippen LogP) is 4.79. The molecule has 3 aromatic heterocycles. The van der Waals surface area contributed by atoms with Crippen LogP contribution in [-0.4, -0.2) is 20.6 Å². The molecule has 1 aromatic carbocycles. The molecular weight excluding hydrogens is 396 g/mol. The molecule has 0 spiro atoms. The third-order valence-corrected chi connectivity index (χ3v) is 5.74. The summed E-state index contributed by atoms with van der Waals surface area (Å²) in [6.07, 6.45) is 3.80. The smallest absolute Gasteiger partial charge is 0.271 e. The van der Waals surface area contributed by atoms with E-state index in [-0.39, 0.29) is 5.91 Å². The average Bonchev–Trinajstić information content (AvgIpc) is 3.41. The maximum Gasteiger partial charge on any atom is 0.271 e. The van der Waals surface area contributed by atoms with Gasteiger partial charge in [0.05, 0.1) is 10.6 Å². The van der Waals surface area contributed by atoms with Gasteiger partial charge in [-0.1, -0.05) is 40.2 Å². The van der Waals surface area contributed by atoms with Crippen molar-refractivity contribution in [3.8, 4) is 15.6 Å². The molecule has 0 aliphatic carbocycles. The molecule has 1 N–H and O–H groups in total. The standard InChI is InChI=1S/C20H17ClN4O2S/c1-12-16(13(2)27-24-12)11-22-19(26)17-18(14-5-7-15(21)8-6-14)28-20(23-17)25-9-3-4-10-25/h3-10H,11H2,1-2H3,(H,22,26). The van der Waals surface area contributed by atoms with Crippen molar-refractivity contribution < 1.29 is 9.32 Å². The molecule has 0 radical (unpaired) electrons. The SMILES string of the molecule is Cc1noc(C)c1CNC(=O)c1nc(-n2cccc2)sc1-c1ccc(Cl)cc1. The van der Waals surface area contributed by atoms with Gasteiger partial charge in [-0.15, -0.1) is 0 Å². The van der Waals surface area contributed by atoms with Crippen LogP contribution in [-0.2, 0) is 6.54 Å². The lowest BCUT2D eigenvalue weighted by molar-refractivity contribution is 0.0947. The van der Waals surface area contributed by atoms with Crippen LogP contribution in [0, 0.1) is 13.8 Å². The number of nitrogens with zero attached hydrogens (tertiary/aromatic N) is 3. The highest BCUT2D eigenvalue weighted by Crippen LogP contribution is 2.33. The Kier molecular flexibility index (Phi) is 5.02. The highest BCUT2D eigenvalue weighted by molar-refractivity contribution is 7.17. The number of thiazole rings is 1. The second-order valence-electron chi connectivity index (χ2n) is 6.26. The lowest BCUT2D eigenvalue weighted by Crippen LogP contribution is -2.24. The maximum absolute atomic E-state index is 13.0. The van der Waals surface area contributed by atoms with Gasteiger partial charge in [-0.2, -0.15) is 0 Å². The molecule has 8 heteroatoms. The third-order valence-electron chi connectivity index (χ3n) is 4.37. The van der Waals surface area contributed by atoms with E-state index >= 15 is 0 Å². The summed E-state index contributed by atoms with van der Waals surface area (Å²) >= 11 is 7.47. The number of amides is 1. The summed E-state index contributed by atoms with van der Waals surface area (Å²) in [5.41, 5.74) is 2.91. The molecule has 0 aliphatic heterocycles. The maximum atomic E-state index is 13.0. The molecule has 0 saturated carbocycles. The van der Waals surface area contributed by atoms with Crippen molar-refractivity contribution in [2.24, 2.45) is 0 Å². The number of carbonyl (C=O) groups is 1. The van der Waals surface area contributed by atoms with Gasteiger partial charge >= 0.3 is 0 Å². The Labute approximate surface area is 170 Å². The molecule has 0 bridgehead atoms. The molecule has 3 heterocycles. The van der Waals surface area contributed by atoms with Crippen molar-refractivity contribution in [1.82, 2.24) is 20.0 Å². The first kappa shape index (κ1) is 18.5. The van der Waals surface area contributed by atoms with E-state index in [9.17, 15) is 4.79 Å². The van der Waals surface area contributed by atoms with Gasteiger partial charge in [0, 0.05) is 29.5 Å². The Morgan fingerprint density at radius 2 is 1.93 bits per heavy atom. The normalized spacial score (nSPS) is 11.0. The second kappa shape index (κ2) is 7.61. The van der Waals surface area contributed by atoms with Crippen LogP contribution in [0.3, 0.4) is 0 Å². The Morgan fingerprint density at radius 1 is 1.21 bits per heavy atom. The highest BCUT2D eigenvalue weighted by atomic mass is 35.5. The molecule has 142 valence electrons. The number of carbonyl (C=O) groups excluding carboxylic acids is 1. The summed E-state index contributed by atoms with van der Waals surface area (Å²) in [5, 5.41) is 8.22. The number of hydrogen-bond donors (Lipinski definition) is 1. The largest absolute Gasteiger partial charge is 0.361 e. The van der Waals surface area contributed by atoms with Crippen LogP contribution < -0.4 is 5.32 Å². The molecule has 0 aliphatic rings. The summed E-state index contributed by atoms with van der Waals surface area (Å²) in [6, 6.07) is 11.2. The summed E-state index contributed by atoms with van der Waals surface area (Å²) in [5.74, 6) is 0.446. The van der Waals surface area contributed by atoms with Crippen molar-refractivity contribution in [3.05, 3.63) is 76.5 Å². The summed E-state index contributed by atoms with van der Waals surface area (Å²) < 4.78 is 7.04. The van der Waals surface area contributed by atoms with E-state index in [1.54, 1.807) is 12.1 Å². The van der Waals surface area contributed by atoms with Gasteiger partial charge in [0.15, 0.2) is 5.13 Å². The van der Waals surface area contributed by atoms with E-state index in [0.717, 1.165) is 26.8 Å². The topological polar surface area (TPSA) is 73.0 Å². The first-order chi connectivity index (χ1) is 13.5. The molecule has 0 atom stereocenters. The quantitative estimate of drug-likeness (QED) is 0.511. The van der Waals surface area contributed by atoms with Crippen molar-refractivity contribution in [2.75, 3.05) is 0 Å². The predicted molar refractivity (Wildman–Crippen MR) is 109 cm³/mol. The summed E-state index contributed by atoms with van der Waals surface area (Å²) in [4.78, 5) is 18.3. The van der Waals surface area contributed by atoms with E-state index in [2.05, 4.69) is 15.5 Å². The first-order valence-corrected chi connectivity index (χ1v) is 9.82. The van der Waals surface area contributed by atoms with Gasteiger partial charge in [-0.25, -0.2) is 4.98 Å². The molecule has 0 unspecified atom stereocenters. The van der Waals surface area contributed by atoms with Crippen LogP contribution in [0.5, 0.6) is 0 Å². The van der Waals surface area contributed by atoms with Crippen LogP contribution in [0.4, 0.5) is 0 Å². The first-order valence-electron chi connectivity index (χ1n) is 8.63. The number of aryl methyl sites for hydroxylation is 2. The van der Waals surface area contributed by atoms with Crippen LogP contribution in [0.25, 0.3) is 15.6 Å². The minimum absolute atomic E-state index is 0.250. The van der Waals surface area contributed by atoms with Crippen LogP contribution >= 0.6 is 22.9 Å². The van der Waals surface area contributed by atoms with Gasteiger partial charge < -0.3 is 14.4 Å². The Morgan fingerprint density at radius 3 is 2.57 bits per heavy atom. The zero-order valence-electron chi connectivity index (χ0n) is 15.3. The Hall–Kier alpha value is -2.90. The Bertz CT molecular complexity index is 1090. The van der Waals surface area contributed by atoms with E-state index in [1.165, 1.54) is 11.3 Å². The fourth-order valence-electron chi connectivity index (χ4n) is 2.84. The van der Waals surface area contributed by atoms with Gasteiger partial charge in [0.1, 0.15) is 11.5 Å². The number of benzene rings is 1. The Balaban J connectivity index is 1.68. The van der Waals surface area contributed by atoms with Crippen LogP contribution in [0.15, 0.2) is 53.3 Å². The van der Waals surface area contributed by atoms with E-state index in [4.69, 9.17) is 16.1 Å². The fraction of sp³-hybridized carbons (Fsp3) is 0.150. The zero-order valence-corrected chi connectivity index (χ0v) is 16.8. The molecule has 6 nitrogen and oxygen atoms in total. The number of halogens is 1. The average molecular weight is 413 g/mol. The minimum atomic E-state index is -0.250. The zero-order chi connectivity index (χ0) is 19.7. The molecule has 4 aromatic rings. The van der Waals surface area contributed by atoms with Crippen molar-refractivity contribution in [3.63, 3.8) is 0 Å². The fourth-order valence-corrected chi connectivity index (χ4v) is 4.00. The minimum Gasteiger partial charge on any atom is -0.361 e. The van der Waals surface area contributed by atoms with E-state index < -0.39 is 0 Å². The molecule has 28 heavy (non-hydrogen) atoms. The van der Waals surface area contributed by atoms with E-state index in [1.807, 2.05) is 55.1 Å². The van der Waals surface area contributed by atoms with Gasteiger partial charge in [-0.05, 0) is 43.7 Å². The molecule has 1 amide bonds. The number of hydrogen-bond acceptors (Lipinski definition) is 5. The van der Waals surface area contributed by atoms with Crippen molar-refractivity contribution >= 4 is 28.8 Å². The molecule has 4 rings (SSSR count). The molecular formula is C20H17ClN4O2S. The number of nitrogens with one attached hydrogen (secondary N) is 1. The van der Waals surface area contributed by atoms with E-state index in [0.29, 0.717) is 23.0 Å². The lowest BCUT2D eigenvalue weighted by atomic mass is 10.1. The molecule has 0 fully saturated rings. The van der Waals surface area contributed by atoms with Gasteiger partial charge in [0.25, 0.3) is 5.91 Å². The summed E-state index contributed by atoms with van der Waals surface area (Å²) in [7, 11) is 0.